The number of hydrogen-bond acceptors (Lipinski definition) is 3. The number of rotatable bonds is 4. The minimum atomic E-state index is -4.45. The molecule has 118 valence electrons. The van der Waals surface area contributed by atoms with Crippen molar-refractivity contribution < 1.29 is 21.6 Å². The van der Waals surface area contributed by atoms with Gasteiger partial charge in [0.05, 0.1) is 36.7 Å². The summed E-state index contributed by atoms with van der Waals surface area (Å²) >= 11 is 0. The van der Waals surface area contributed by atoms with Crippen molar-refractivity contribution in [2.24, 2.45) is 0 Å². The van der Waals surface area contributed by atoms with Crippen molar-refractivity contribution in [3.8, 4) is 0 Å². The Morgan fingerprint density at radius 3 is 2.62 bits per heavy atom. The molecule has 1 saturated carbocycles. The van der Waals surface area contributed by atoms with Gasteiger partial charge in [-0.1, -0.05) is 0 Å². The molecule has 1 aliphatic carbocycles. The summed E-state index contributed by atoms with van der Waals surface area (Å²) in [5, 5.41) is 4.43. The first-order chi connectivity index (χ1) is 9.74. The minimum absolute atomic E-state index is 0.111. The van der Waals surface area contributed by atoms with E-state index in [1.807, 2.05) is 6.07 Å². The predicted octanol–water partition coefficient (Wildman–Crippen LogP) is 1.86. The van der Waals surface area contributed by atoms with Crippen LogP contribution in [-0.2, 0) is 23.1 Å². The van der Waals surface area contributed by atoms with Gasteiger partial charge in [0.25, 0.3) is 0 Å². The number of fused-ring (bicyclic) bond motifs is 1. The van der Waals surface area contributed by atoms with Crippen molar-refractivity contribution >= 4 is 10.0 Å². The molecular formula is C12H16F3N3O2S. The fourth-order valence-corrected chi connectivity index (χ4v) is 3.89. The SMILES string of the molecule is O=S(=O)(CCC(F)(F)F)N1CCn2nc(C3CC3)cc2C1. The van der Waals surface area contributed by atoms with Gasteiger partial charge in [0, 0.05) is 12.5 Å². The lowest BCUT2D eigenvalue weighted by Crippen LogP contribution is -2.40. The van der Waals surface area contributed by atoms with Crippen molar-refractivity contribution in [3.63, 3.8) is 0 Å². The minimum Gasteiger partial charge on any atom is -0.267 e. The molecule has 21 heavy (non-hydrogen) atoms. The van der Waals surface area contributed by atoms with Crippen LogP contribution in [0.15, 0.2) is 6.07 Å². The number of halogens is 3. The second-order valence-electron chi connectivity index (χ2n) is 5.57. The van der Waals surface area contributed by atoms with Crippen LogP contribution in [-0.4, -0.2) is 41.0 Å². The molecule has 2 aliphatic rings. The second kappa shape index (κ2) is 4.98. The number of nitrogens with zero attached hydrogens (tertiary/aromatic N) is 3. The first-order valence-electron chi connectivity index (χ1n) is 6.86. The Morgan fingerprint density at radius 1 is 1.29 bits per heavy atom. The van der Waals surface area contributed by atoms with Crippen molar-refractivity contribution in [2.75, 3.05) is 12.3 Å². The smallest absolute Gasteiger partial charge is 0.267 e. The largest absolute Gasteiger partial charge is 0.390 e. The quantitative estimate of drug-likeness (QED) is 0.850. The average molecular weight is 323 g/mol. The molecule has 1 fully saturated rings. The molecule has 1 aromatic heterocycles. The fraction of sp³-hybridized carbons (Fsp3) is 0.750. The zero-order valence-corrected chi connectivity index (χ0v) is 12.1. The van der Waals surface area contributed by atoms with Crippen LogP contribution in [0.5, 0.6) is 0 Å². The lowest BCUT2D eigenvalue weighted by molar-refractivity contribution is -0.130. The van der Waals surface area contributed by atoms with Crippen LogP contribution in [0, 0.1) is 0 Å². The van der Waals surface area contributed by atoms with Crippen LogP contribution in [0.2, 0.25) is 0 Å². The topological polar surface area (TPSA) is 55.2 Å². The van der Waals surface area contributed by atoms with Gasteiger partial charge in [-0.2, -0.15) is 22.6 Å². The molecule has 1 aromatic rings. The molecule has 9 heteroatoms. The first-order valence-corrected chi connectivity index (χ1v) is 8.47. The van der Waals surface area contributed by atoms with Gasteiger partial charge in [-0.3, -0.25) is 4.68 Å². The summed E-state index contributed by atoms with van der Waals surface area (Å²) in [6.45, 7) is 0.687. The zero-order chi connectivity index (χ0) is 15.3. The molecule has 0 saturated heterocycles. The molecule has 0 unspecified atom stereocenters. The Hall–Kier alpha value is -1.09. The molecular weight excluding hydrogens is 307 g/mol. The Labute approximate surface area is 120 Å². The van der Waals surface area contributed by atoms with Gasteiger partial charge < -0.3 is 0 Å². The van der Waals surface area contributed by atoms with E-state index >= 15 is 0 Å². The average Bonchev–Trinajstić information content (AvgIpc) is 3.15. The highest BCUT2D eigenvalue weighted by molar-refractivity contribution is 7.89. The van der Waals surface area contributed by atoms with E-state index in [-0.39, 0.29) is 13.1 Å². The molecule has 2 heterocycles. The van der Waals surface area contributed by atoms with Crippen LogP contribution < -0.4 is 0 Å². The molecule has 3 rings (SSSR count). The number of sulfonamides is 1. The Balaban J connectivity index is 1.69. The highest BCUT2D eigenvalue weighted by Gasteiger charge is 2.35. The summed E-state index contributed by atoms with van der Waals surface area (Å²) < 4.78 is 63.5. The molecule has 0 N–H and O–H groups in total. The number of hydrogen-bond donors (Lipinski definition) is 0. The normalized spacial score (nSPS) is 20.5. The lowest BCUT2D eigenvalue weighted by Gasteiger charge is -2.27. The van der Waals surface area contributed by atoms with Crippen LogP contribution >= 0.6 is 0 Å². The van der Waals surface area contributed by atoms with Crippen molar-refractivity contribution in [2.45, 2.75) is 44.4 Å². The van der Waals surface area contributed by atoms with Gasteiger partial charge in [-0.15, -0.1) is 0 Å². The van der Waals surface area contributed by atoms with Gasteiger partial charge in [-0.05, 0) is 18.9 Å². The fourth-order valence-electron chi connectivity index (χ4n) is 2.45. The Kier molecular flexibility index (Phi) is 3.52. The first kappa shape index (κ1) is 14.8. The lowest BCUT2D eigenvalue weighted by atomic mass is 10.2. The molecule has 0 atom stereocenters. The standard InChI is InChI=1S/C12H16F3N3O2S/c13-12(14,15)3-6-21(19,20)17-4-5-18-10(8-17)7-11(16-18)9-1-2-9/h7,9H,1-6,8H2. The highest BCUT2D eigenvalue weighted by atomic mass is 32.2. The van der Waals surface area contributed by atoms with Crippen LogP contribution in [0.25, 0.3) is 0 Å². The number of aromatic nitrogens is 2. The molecule has 5 nitrogen and oxygen atoms in total. The van der Waals surface area contributed by atoms with E-state index in [0.717, 1.165) is 28.5 Å². The van der Waals surface area contributed by atoms with Gasteiger partial charge in [0.15, 0.2) is 0 Å². The van der Waals surface area contributed by atoms with E-state index in [2.05, 4.69) is 5.10 Å². The van der Waals surface area contributed by atoms with Gasteiger partial charge >= 0.3 is 6.18 Å². The molecule has 0 bridgehead atoms. The highest BCUT2D eigenvalue weighted by Crippen LogP contribution is 2.39. The van der Waals surface area contributed by atoms with Gasteiger partial charge in [0.2, 0.25) is 10.0 Å². The summed E-state index contributed by atoms with van der Waals surface area (Å²) in [5.41, 5.74) is 1.73. The summed E-state index contributed by atoms with van der Waals surface area (Å²) in [6.07, 6.45) is -3.56. The molecule has 0 spiro atoms. The zero-order valence-electron chi connectivity index (χ0n) is 11.3. The molecule has 1 aliphatic heterocycles. The maximum absolute atomic E-state index is 12.2. The Morgan fingerprint density at radius 2 is 2.00 bits per heavy atom. The predicted molar refractivity (Wildman–Crippen MR) is 69.1 cm³/mol. The van der Waals surface area contributed by atoms with Crippen molar-refractivity contribution in [3.05, 3.63) is 17.5 Å². The van der Waals surface area contributed by atoms with E-state index in [4.69, 9.17) is 0 Å². The third kappa shape index (κ3) is 3.39. The van der Waals surface area contributed by atoms with Gasteiger partial charge in [0.1, 0.15) is 0 Å². The molecule has 0 radical (unpaired) electrons. The third-order valence-electron chi connectivity index (χ3n) is 3.81. The van der Waals surface area contributed by atoms with Crippen molar-refractivity contribution in [1.82, 2.24) is 14.1 Å². The molecule has 0 amide bonds. The monoisotopic (exact) mass is 323 g/mol. The van der Waals surface area contributed by atoms with E-state index in [9.17, 15) is 21.6 Å². The second-order valence-corrected chi connectivity index (χ2v) is 7.66. The summed E-state index contributed by atoms with van der Waals surface area (Å²) in [4.78, 5) is 0. The van der Waals surface area contributed by atoms with Gasteiger partial charge in [-0.25, -0.2) is 8.42 Å². The number of alkyl halides is 3. The Bertz CT molecular complexity index is 635. The van der Waals surface area contributed by atoms with E-state index < -0.39 is 28.4 Å². The molecule has 0 aromatic carbocycles. The van der Waals surface area contributed by atoms with Crippen LogP contribution in [0.3, 0.4) is 0 Å². The van der Waals surface area contributed by atoms with Crippen LogP contribution in [0.4, 0.5) is 13.2 Å². The van der Waals surface area contributed by atoms with E-state index in [1.165, 1.54) is 0 Å². The maximum atomic E-state index is 12.2. The van der Waals surface area contributed by atoms with E-state index in [0.29, 0.717) is 12.5 Å². The maximum Gasteiger partial charge on any atom is 0.390 e. The summed E-state index contributed by atoms with van der Waals surface area (Å²) in [6, 6.07) is 1.88. The summed E-state index contributed by atoms with van der Waals surface area (Å²) in [5.74, 6) is -0.418. The van der Waals surface area contributed by atoms with E-state index in [1.54, 1.807) is 4.68 Å². The summed E-state index contributed by atoms with van der Waals surface area (Å²) in [7, 11) is -3.88. The third-order valence-corrected chi connectivity index (χ3v) is 5.63. The van der Waals surface area contributed by atoms with Crippen molar-refractivity contribution in [1.29, 1.82) is 0 Å². The van der Waals surface area contributed by atoms with Crippen LogP contribution in [0.1, 0.15) is 36.6 Å².